The van der Waals surface area contributed by atoms with Crippen molar-refractivity contribution in [1.82, 2.24) is 24.7 Å². The number of aliphatic hydroxyl groups is 1. The molecular weight excluding hydrogens is 460 g/mol. The minimum Gasteiger partial charge on any atom is -0.389 e. The Hall–Kier alpha value is -2.37. The summed E-state index contributed by atoms with van der Waals surface area (Å²) in [5.74, 6) is 1.11. The number of nitrogens with zero attached hydrogens (tertiary/aromatic N) is 4. The van der Waals surface area contributed by atoms with Crippen molar-refractivity contribution < 1.29 is 13.9 Å². The first-order valence-corrected chi connectivity index (χ1v) is 12.5. The summed E-state index contributed by atoms with van der Waals surface area (Å²) in [4.78, 5) is 18.2. The van der Waals surface area contributed by atoms with Crippen molar-refractivity contribution in [2.45, 2.75) is 52.7 Å². The molecule has 34 heavy (non-hydrogen) atoms. The molecule has 0 spiro atoms. The van der Waals surface area contributed by atoms with Crippen LogP contribution in [0, 0.1) is 17.2 Å². The predicted octanol–water partition coefficient (Wildman–Crippen LogP) is 4.27. The molecule has 2 aromatic heterocycles. The van der Waals surface area contributed by atoms with E-state index >= 15 is 0 Å². The van der Waals surface area contributed by atoms with Crippen molar-refractivity contribution in [3.8, 4) is 11.4 Å². The van der Waals surface area contributed by atoms with E-state index in [-0.39, 0.29) is 17.9 Å². The van der Waals surface area contributed by atoms with E-state index in [1.807, 2.05) is 40.0 Å². The number of hydrogen-bond acceptors (Lipinski definition) is 8. The van der Waals surface area contributed by atoms with Gasteiger partial charge in [-0.25, -0.2) is 23.7 Å². The molecule has 4 unspecified atom stereocenters. The first-order valence-electron chi connectivity index (χ1n) is 11.3. The lowest BCUT2D eigenvalue weighted by Gasteiger charge is -2.51. The second kappa shape index (κ2) is 12.4. The minimum atomic E-state index is -2.82. The van der Waals surface area contributed by atoms with Crippen molar-refractivity contribution in [2.75, 3.05) is 24.2 Å². The molecule has 4 atom stereocenters. The van der Waals surface area contributed by atoms with Crippen LogP contribution in [0.1, 0.15) is 40.4 Å². The number of hydrogen-bond donors (Lipinski definition) is 4. The van der Waals surface area contributed by atoms with Gasteiger partial charge >= 0.3 is 0 Å². The maximum atomic E-state index is 12.5. The molecule has 0 radical (unpaired) electrons. The number of anilines is 1. The van der Waals surface area contributed by atoms with Crippen LogP contribution in [-0.2, 0) is 0 Å². The number of nitrogens with one attached hydrogen (secondary N) is 3. The van der Waals surface area contributed by atoms with Gasteiger partial charge in [0.2, 0.25) is 0 Å². The molecule has 0 bridgehead atoms. The fraction of sp³-hybridized carbons (Fsp3) is 0.565. The Kier molecular flexibility index (Phi) is 10.1. The summed E-state index contributed by atoms with van der Waals surface area (Å²) >= 11 is 1.53. The van der Waals surface area contributed by atoms with Crippen molar-refractivity contribution in [3.63, 3.8) is 0 Å². The molecule has 1 fully saturated rings. The summed E-state index contributed by atoms with van der Waals surface area (Å²) < 4.78 is 28.2. The highest BCUT2D eigenvalue weighted by Crippen LogP contribution is 2.38. The maximum absolute atomic E-state index is 12.5. The number of halogens is 2. The number of rotatable bonds is 8. The van der Waals surface area contributed by atoms with E-state index < -0.39 is 17.7 Å². The number of allylic oxidation sites excluding steroid dienone is 1. The summed E-state index contributed by atoms with van der Waals surface area (Å²) in [7, 11) is 0. The smallest absolute Gasteiger partial charge is 0.279 e. The Bertz CT molecular complexity index is 966. The number of aromatic amines is 1. The van der Waals surface area contributed by atoms with E-state index in [4.69, 9.17) is 5.41 Å². The van der Waals surface area contributed by atoms with Crippen LogP contribution in [-0.4, -0.2) is 68.2 Å². The molecule has 0 amide bonds. The van der Waals surface area contributed by atoms with Crippen molar-refractivity contribution >= 4 is 29.6 Å². The maximum Gasteiger partial charge on any atom is 0.279 e. The normalized spacial score (nSPS) is 24.9. The number of H-pyrrole nitrogens is 1. The third kappa shape index (κ3) is 6.39. The Labute approximate surface area is 204 Å². The van der Waals surface area contributed by atoms with E-state index in [0.29, 0.717) is 30.3 Å². The van der Waals surface area contributed by atoms with E-state index in [1.54, 1.807) is 6.20 Å². The van der Waals surface area contributed by atoms with Crippen LogP contribution < -0.4 is 9.62 Å². The van der Waals surface area contributed by atoms with Crippen LogP contribution in [0.2, 0.25) is 0 Å². The molecule has 3 rings (SSSR count). The van der Waals surface area contributed by atoms with Crippen LogP contribution in [0.5, 0.6) is 0 Å². The topological polar surface area (TPSA) is 114 Å². The van der Waals surface area contributed by atoms with E-state index in [9.17, 15) is 13.9 Å². The SMILES string of the molecule is CC.CSNCC1C(C)N(c2cc(-c3cnc(/C=C\C(=N)C(F)F)[nH]3)ncn2)CC(C)C1(C)O. The molecule has 4 N–H and O–H groups in total. The Morgan fingerprint density at radius 3 is 2.74 bits per heavy atom. The standard InChI is InChI=1S/C21H29F2N7OS.C2H6/c1-12-10-30(13(2)14(8-28-32-4)21(12,3)31)19-7-16(26-11-27-19)17-9-25-18(29-17)6-5-15(24)20(22)23;1-2/h5-7,9,11-14,20,24,28,31H,8,10H2,1-4H3,(H,25,29);1-2H3/b6-5-,24-15?;. The van der Waals surface area contributed by atoms with Gasteiger partial charge in [-0.15, -0.1) is 0 Å². The Morgan fingerprint density at radius 2 is 2.09 bits per heavy atom. The number of aromatic nitrogens is 4. The minimum absolute atomic E-state index is 0.00818. The third-order valence-corrected chi connectivity index (χ3v) is 6.67. The Balaban J connectivity index is 0.00000199. The van der Waals surface area contributed by atoms with Gasteiger partial charge in [0, 0.05) is 37.0 Å². The van der Waals surface area contributed by atoms with Gasteiger partial charge < -0.3 is 15.0 Å². The van der Waals surface area contributed by atoms with Gasteiger partial charge in [0.1, 0.15) is 18.0 Å². The highest BCUT2D eigenvalue weighted by molar-refractivity contribution is 7.96. The van der Waals surface area contributed by atoms with Crippen molar-refractivity contribution in [1.29, 1.82) is 5.41 Å². The summed E-state index contributed by atoms with van der Waals surface area (Å²) in [6, 6.07) is 1.88. The van der Waals surface area contributed by atoms with Crippen LogP contribution in [0.3, 0.4) is 0 Å². The lowest BCUT2D eigenvalue weighted by Crippen LogP contribution is -2.62. The van der Waals surface area contributed by atoms with Gasteiger partial charge in [0.15, 0.2) is 0 Å². The summed E-state index contributed by atoms with van der Waals surface area (Å²) in [5, 5.41) is 18.3. The van der Waals surface area contributed by atoms with Crippen LogP contribution >= 0.6 is 11.9 Å². The largest absolute Gasteiger partial charge is 0.389 e. The molecule has 1 saturated heterocycles. The molecule has 8 nitrogen and oxygen atoms in total. The fourth-order valence-electron chi connectivity index (χ4n) is 4.01. The molecule has 1 aliphatic heterocycles. The number of piperidine rings is 1. The lowest BCUT2D eigenvalue weighted by atomic mass is 9.71. The second-order valence-electron chi connectivity index (χ2n) is 8.21. The summed E-state index contributed by atoms with van der Waals surface area (Å²) in [6.07, 6.45) is 4.53. The molecule has 1 aliphatic rings. The highest BCUT2D eigenvalue weighted by atomic mass is 32.2. The average Bonchev–Trinajstić information content (AvgIpc) is 3.30. The third-order valence-electron chi connectivity index (χ3n) is 6.21. The van der Waals surface area contributed by atoms with Crippen molar-refractivity contribution in [3.05, 3.63) is 30.5 Å². The monoisotopic (exact) mass is 495 g/mol. The van der Waals surface area contributed by atoms with Gasteiger partial charge in [-0.05, 0) is 32.3 Å². The molecule has 0 aromatic carbocycles. The van der Waals surface area contributed by atoms with Gasteiger partial charge in [0.25, 0.3) is 6.43 Å². The van der Waals surface area contributed by atoms with Gasteiger partial charge in [-0.3, -0.25) is 10.1 Å². The molecule has 2 aromatic rings. The van der Waals surface area contributed by atoms with E-state index in [1.165, 1.54) is 24.4 Å². The van der Waals surface area contributed by atoms with E-state index in [0.717, 1.165) is 11.9 Å². The summed E-state index contributed by atoms with van der Waals surface area (Å²) in [6.45, 7) is 11.3. The zero-order valence-electron chi connectivity index (χ0n) is 20.5. The molecular formula is C23H35F2N7OS. The number of alkyl halides is 2. The second-order valence-corrected chi connectivity index (χ2v) is 8.91. The molecule has 11 heteroatoms. The van der Waals surface area contributed by atoms with Gasteiger partial charge in [-0.1, -0.05) is 32.7 Å². The lowest BCUT2D eigenvalue weighted by molar-refractivity contribution is -0.0680. The zero-order valence-corrected chi connectivity index (χ0v) is 21.3. The first kappa shape index (κ1) is 27.9. The van der Waals surface area contributed by atoms with E-state index in [2.05, 4.69) is 36.5 Å². The van der Waals surface area contributed by atoms with Gasteiger partial charge in [-0.2, -0.15) is 0 Å². The number of imidazole rings is 1. The molecule has 3 heterocycles. The molecule has 0 saturated carbocycles. The predicted molar refractivity (Wildman–Crippen MR) is 135 cm³/mol. The fourth-order valence-corrected chi connectivity index (χ4v) is 4.36. The quantitative estimate of drug-likeness (QED) is 0.319. The Morgan fingerprint density at radius 1 is 1.38 bits per heavy atom. The molecule has 0 aliphatic carbocycles. The zero-order chi connectivity index (χ0) is 25.5. The van der Waals surface area contributed by atoms with Gasteiger partial charge in [0.05, 0.1) is 28.9 Å². The first-order chi connectivity index (χ1) is 16.1. The van der Waals surface area contributed by atoms with Crippen LogP contribution in [0.4, 0.5) is 14.6 Å². The average molecular weight is 496 g/mol. The molecule has 188 valence electrons. The highest BCUT2D eigenvalue weighted by Gasteiger charge is 2.47. The van der Waals surface area contributed by atoms with Crippen LogP contribution in [0.15, 0.2) is 24.7 Å². The summed E-state index contributed by atoms with van der Waals surface area (Å²) in [5.41, 5.74) is -0.364. The van der Waals surface area contributed by atoms with Crippen molar-refractivity contribution in [2.24, 2.45) is 11.8 Å². The van der Waals surface area contributed by atoms with Crippen LogP contribution in [0.25, 0.3) is 17.5 Å².